The lowest BCUT2D eigenvalue weighted by Crippen LogP contribution is -1.76. The Hall–Kier alpha value is -3.38. The van der Waals surface area contributed by atoms with Crippen LogP contribution in [0.25, 0.3) is 23.8 Å². The summed E-state index contributed by atoms with van der Waals surface area (Å²) in [6.07, 6.45) is 5.51. The minimum atomic E-state index is 1.12. The van der Waals surface area contributed by atoms with Crippen molar-refractivity contribution in [1.29, 1.82) is 0 Å². The molecule has 0 unspecified atom stereocenters. The highest BCUT2D eigenvalue weighted by Crippen LogP contribution is 2.10. The molecular formula is C28H30. The van der Waals surface area contributed by atoms with E-state index in [0.29, 0.717) is 0 Å². The summed E-state index contributed by atoms with van der Waals surface area (Å²) < 4.78 is 0. The van der Waals surface area contributed by atoms with Crippen molar-refractivity contribution in [3.05, 3.63) is 133 Å². The molecule has 0 aliphatic carbocycles. The highest BCUT2D eigenvalue weighted by Gasteiger charge is 1.89. The molecule has 0 aliphatic heterocycles. The summed E-state index contributed by atoms with van der Waals surface area (Å²) in [5, 5.41) is 0. The molecule has 0 nitrogen and oxygen atoms in total. The van der Waals surface area contributed by atoms with Gasteiger partial charge in [0.15, 0.2) is 0 Å². The van der Waals surface area contributed by atoms with Gasteiger partial charge in [-0.3, -0.25) is 0 Å². The third-order valence-corrected chi connectivity index (χ3v) is 4.02. The van der Waals surface area contributed by atoms with E-state index in [1.807, 2.05) is 67.6 Å². The number of hydrogen-bond acceptors (Lipinski definition) is 0. The van der Waals surface area contributed by atoms with Crippen LogP contribution in [0.15, 0.2) is 105 Å². The van der Waals surface area contributed by atoms with Crippen LogP contribution in [0.4, 0.5) is 0 Å². The van der Waals surface area contributed by atoms with Crippen molar-refractivity contribution >= 4 is 23.8 Å². The fourth-order valence-corrected chi connectivity index (χ4v) is 2.31. The van der Waals surface area contributed by atoms with Gasteiger partial charge >= 0.3 is 0 Å². The molecule has 0 saturated heterocycles. The molecule has 0 heteroatoms. The summed E-state index contributed by atoms with van der Waals surface area (Å²) >= 11 is 0. The maximum atomic E-state index is 3.83. The van der Waals surface area contributed by atoms with E-state index < -0.39 is 0 Å². The zero-order valence-electron chi connectivity index (χ0n) is 17.1. The molecule has 3 aromatic carbocycles. The van der Waals surface area contributed by atoms with Gasteiger partial charge in [0.05, 0.1) is 0 Å². The highest BCUT2D eigenvalue weighted by atomic mass is 13.9. The summed E-state index contributed by atoms with van der Waals surface area (Å²) in [6.45, 7) is 19.0. The molecule has 0 fully saturated rings. The molecule has 3 rings (SSSR count). The van der Waals surface area contributed by atoms with Crippen molar-refractivity contribution in [1.82, 2.24) is 0 Å². The summed E-state index contributed by atoms with van der Waals surface area (Å²) in [7, 11) is 0. The van der Waals surface area contributed by atoms with Crippen LogP contribution in [0.3, 0.4) is 0 Å². The first-order valence-electron chi connectivity index (χ1n) is 9.25. The van der Waals surface area contributed by atoms with Crippen molar-refractivity contribution in [2.24, 2.45) is 0 Å². The summed E-state index contributed by atoms with van der Waals surface area (Å²) in [5.74, 6) is 0. The predicted molar refractivity (Wildman–Crippen MR) is 129 cm³/mol. The van der Waals surface area contributed by atoms with Crippen LogP contribution in [0, 0.1) is 6.92 Å². The summed E-state index contributed by atoms with van der Waals surface area (Å²) in [6, 6.07) is 26.5. The second-order valence-corrected chi connectivity index (χ2v) is 6.30. The molecule has 0 amide bonds. The van der Waals surface area contributed by atoms with Crippen molar-refractivity contribution in [2.75, 3.05) is 0 Å². The first-order chi connectivity index (χ1) is 13.5. The molecule has 0 aromatic heterocycles. The van der Waals surface area contributed by atoms with E-state index in [0.717, 1.165) is 16.7 Å². The van der Waals surface area contributed by atoms with Crippen LogP contribution in [0.1, 0.15) is 34.7 Å². The molecule has 28 heavy (non-hydrogen) atoms. The van der Waals surface area contributed by atoms with E-state index in [1.54, 1.807) is 0 Å². The van der Waals surface area contributed by atoms with E-state index in [1.165, 1.54) is 16.7 Å². The molecular weight excluding hydrogens is 336 g/mol. The van der Waals surface area contributed by atoms with Crippen LogP contribution in [0.2, 0.25) is 0 Å². The van der Waals surface area contributed by atoms with Gasteiger partial charge < -0.3 is 0 Å². The van der Waals surface area contributed by atoms with Gasteiger partial charge in [-0.05, 0) is 36.1 Å². The Morgan fingerprint density at radius 1 is 0.643 bits per heavy atom. The zero-order chi connectivity index (χ0) is 20.8. The van der Waals surface area contributed by atoms with Gasteiger partial charge in [-0.1, -0.05) is 135 Å². The Morgan fingerprint density at radius 3 is 1.46 bits per heavy atom. The second kappa shape index (κ2) is 12.9. The SMILES string of the molecule is C=C(C)c1ccccc1.C=Cc1ccc(C)cc1.C=Cc1ccccc1C=C. The number of hydrogen-bond donors (Lipinski definition) is 0. The van der Waals surface area contributed by atoms with Crippen molar-refractivity contribution < 1.29 is 0 Å². The van der Waals surface area contributed by atoms with Gasteiger partial charge in [0.25, 0.3) is 0 Å². The first-order valence-corrected chi connectivity index (χ1v) is 9.25. The number of aryl methyl sites for hydroxylation is 1. The summed E-state index contributed by atoms with van der Waals surface area (Å²) in [4.78, 5) is 0. The molecule has 142 valence electrons. The Labute approximate surface area is 170 Å². The highest BCUT2D eigenvalue weighted by molar-refractivity contribution is 5.63. The average Bonchev–Trinajstić information content (AvgIpc) is 2.75. The normalized spacial score (nSPS) is 8.93. The van der Waals surface area contributed by atoms with Crippen LogP contribution < -0.4 is 0 Å². The average molecular weight is 367 g/mol. The molecule has 0 N–H and O–H groups in total. The van der Waals surface area contributed by atoms with Gasteiger partial charge in [0.1, 0.15) is 0 Å². The molecule has 0 aliphatic rings. The topological polar surface area (TPSA) is 0 Å². The second-order valence-electron chi connectivity index (χ2n) is 6.30. The van der Waals surface area contributed by atoms with E-state index >= 15 is 0 Å². The minimum Gasteiger partial charge on any atom is -0.0985 e. The first kappa shape index (κ1) is 22.7. The van der Waals surface area contributed by atoms with Gasteiger partial charge in [-0.25, -0.2) is 0 Å². The molecule has 0 bridgehead atoms. The van der Waals surface area contributed by atoms with Gasteiger partial charge in [-0.2, -0.15) is 0 Å². The fraction of sp³-hybridized carbons (Fsp3) is 0.0714. The number of benzene rings is 3. The Balaban J connectivity index is 0.000000210. The number of allylic oxidation sites excluding steroid dienone is 1. The Morgan fingerprint density at radius 2 is 1.11 bits per heavy atom. The zero-order valence-corrected chi connectivity index (χ0v) is 17.1. The van der Waals surface area contributed by atoms with Gasteiger partial charge in [-0.15, -0.1) is 0 Å². The van der Waals surface area contributed by atoms with Crippen LogP contribution in [-0.2, 0) is 0 Å². The molecule has 0 saturated carbocycles. The smallest absolute Gasteiger partial charge is 0.0190 e. The molecule has 3 aromatic rings. The largest absolute Gasteiger partial charge is 0.0985 e. The molecule has 0 radical (unpaired) electrons. The number of rotatable bonds is 4. The van der Waals surface area contributed by atoms with Crippen LogP contribution in [0.5, 0.6) is 0 Å². The quantitative estimate of drug-likeness (QED) is 0.435. The van der Waals surface area contributed by atoms with Crippen LogP contribution in [-0.4, -0.2) is 0 Å². The van der Waals surface area contributed by atoms with Gasteiger partial charge in [0.2, 0.25) is 0 Å². The van der Waals surface area contributed by atoms with E-state index in [4.69, 9.17) is 0 Å². The Kier molecular flexibility index (Phi) is 10.4. The van der Waals surface area contributed by atoms with Gasteiger partial charge in [0, 0.05) is 0 Å². The predicted octanol–water partition coefficient (Wildman–Crippen LogP) is 8.33. The lowest BCUT2D eigenvalue weighted by molar-refractivity contribution is 1.46. The lowest BCUT2D eigenvalue weighted by atomic mass is 10.1. The van der Waals surface area contributed by atoms with Crippen molar-refractivity contribution in [2.45, 2.75) is 13.8 Å². The lowest BCUT2D eigenvalue weighted by Gasteiger charge is -1.96. The monoisotopic (exact) mass is 366 g/mol. The van der Waals surface area contributed by atoms with Crippen molar-refractivity contribution in [3.63, 3.8) is 0 Å². The maximum absolute atomic E-state index is 3.83. The third kappa shape index (κ3) is 8.33. The van der Waals surface area contributed by atoms with E-state index in [-0.39, 0.29) is 0 Å². The third-order valence-electron chi connectivity index (χ3n) is 4.02. The van der Waals surface area contributed by atoms with E-state index in [2.05, 4.69) is 69.6 Å². The van der Waals surface area contributed by atoms with E-state index in [9.17, 15) is 0 Å². The standard InChI is InChI=1S/C10H10.2C9H10/c1-3-9-7-5-6-8-10(9)4-2;1-8(2)9-6-4-3-5-7-9;1-3-9-6-4-8(2)5-7-9/h3-8H,1-2H2;2*3-7H,1H2,2H3. The molecule has 0 spiro atoms. The summed E-state index contributed by atoms with van der Waals surface area (Å²) in [5.41, 5.74) is 7.09. The molecule has 0 heterocycles. The van der Waals surface area contributed by atoms with Crippen molar-refractivity contribution in [3.8, 4) is 0 Å². The molecule has 0 atom stereocenters. The fourth-order valence-electron chi connectivity index (χ4n) is 2.31. The Bertz CT molecular complexity index is 854. The maximum Gasteiger partial charge on any atom is -0.0190 e. The minimum absolute atomic E-state index is 1.12. The van der Waals surface area contributed by atoms with Crippen LogP contribution >= 0.6 is 0 Å².